The molecule has 0 bridgehead atoms. The summed E-state index contributed by atoms with van der Waals surface area (Å²) in [6, 6.07) is 25.1. The Balaban J connectivity index is 2.04. The van der Waals surface area contributed by atoms with Crippen LogP contribution in [-0.2, 0) is 14.8 Å². The van der Waals surface area contributed by atoms with E-state index in [0.717, 1.165) is 27.3 Å². The number of benzene rings is 3. The van der Waals surface area contributed by atoms with Gasteiger partial charge in [0.15, 0.2) is 0 Å². The van der Waals surface area contributed by atoms with Crippen molar-refractivity contribution in [2.75, 3.05) is 13.3 Å². The first-order valence-corrected chi connectivity index (χ1v) is 11.5. The number of nitrogens with one attached hydrogen (secondary N) is 1. The molecule has 0 aliphatic rings. The highest BCUT2D eigenvalue weighted by atomic mass is 32.2. The van der Waals surface area contributed by atoms with E-state index in [0.29, 0.717) is 5.56 Å². The summed E-state index contributed by atoms with van der Waals surface area (Å²) in [7, 11) is -2.17. The Labute approximate surface area is 178 Å². The highest BCUT2D eigenvalue weighted by molar-refractivity contribution is 7.88. The lowest BCUT2D eigenvalue weighted by Crippen LogP contribution is -2.42. The average molecular weight is 423 g/mol. The van der Waals surface area contributed by atoms with Gasteiger partial charge in [-0.15, -0.1) is 0 Å². The lowest BCUT2D eigenvalue weighted by atomic mass is 9.94. The van der Waals surface area contributed by atoms with Gasteiger partial charge < -0.3 is 5.32 Å². The molecule has 156 valence electrons. The summed E-state index contributed by atoms with van der Waals surface area (Å²) in [5, 5.41) is 3.10. The molecule has 0 radical (unpaired) electrons. The van der Waals surface area contributed by atoms with Crippen LogP contribution in [0.15, 0.2) is 84.9 Å². The Morgan fingerprint density at radius 2 is 1.33 bits per heavy atom. The minimum Gasteiger partial charge on any atom is -0.343 e. The van der Waals surface area contributed by atoms with Crippen LogP contribution in [0, 0.1) is 6.92 Å². The number of amides is 1. The van der Waals surface area contributed by atoms with E-state index in [1.54, 1.807) is 24.3 Å². The quantitative estimate of drug-likeness (QED) is 0.629. The van der Waals surface area contributed by atoms with Crippen molar-refractivity contribution in [3.63, 3.8) is 0 Å². The van der Waals surface area contributed by atoms with Crippen LogP contribution >= 0.6 is 0 Å². The van der Waals surface area contributed by atoms with Gasteiger partial charge in [0.2, 0.25) is 15.9 Å². The van der Waals surface area contributed by atoms with Crippen LogP contribution < -0.4 is 5.32 Å². The summed E-state index contributed by atoms with van der Waals surface area (Å²) in [5.41, 5.74) is 3.54. The SMILES string of the molecule is Cc1ccccc1[C@@H](NC(=O)[C@@H](c1ccccc1)N(C)S(C)(=O)=O)c1ccccc1. The molecule has 1 amide bonds. The molecule has 3 aromatic rings. The number of aryl methyl sites for hydroxylation is 1. The monoisotopic (exact) mass is 422 g/mol. The largest absolute Gasteiger partial charge is 0.343 e. The molecule has 0 aliphatic heterocycles. The Bertz CT molecular complexity index is 1100. The van der Waals surface area contributed by atoms with Crippen LogP contribution in [0.25, 0.3) is 0 Å². The maximum Gasteiger partial charge on any atom is 0.243 e. The lowest BCUT2D eigenvalue weighted by molar-refractivity contribution is -0.125. The second kappa shape index (κ2) is 9.24. The van der Waals surface area contributed by atoms with Crippen LogP contribution in [0.1, 0.15) is 34.3 Å². The number of rotatable bonds is 7. The maximum absolute atomic E-state index is 13.5. The first kappa shape index (κ1) is 21.7. The average Bonchev–Trinajstić information content (AvgIpc) is 2.73. The molecule has 1 N–H and O–H groups in total. The van der Waals surface area contributed by atoms with Crippen LogP contribution in [0.5, 0.6) is 0 Å². The van der Waals surface area contributed by atoms with E-state index in [9.17, 15) is 13.2 Å². The van der Waals surface area contributed by atoms with E-state index in [4.69, 9.17) is 0 Å². The molecule has 0 saturated heterocycles. The van der Waals surface area contributed by atoms with Crippen molar-refractivity contribution in [2.24, 2.45) is 0 Å². The second-order valence-electron chi connectivity index (χ2n) is 7.30. The van der Waals surface area contributed by atoms with Gasteiger partial charge in [0.25, 0.3) is 0 Å². The van der Waals surface area contributed by atoms with Gasteiger partial charge in [-0.2, -0.15) is 4.31 Å². The van der Waals surface area contributed by atoms with Crippen molar-refractivity contribution in [2.45, 2.75) is 19.0 Å². The summed E-state index contributed by atoms with van der Waals surface area (Å²) in [6.07, 6.45) is 1.10. The summed E-state index contributed by atoms with van der Waals surface area (Å²) >= 11 is 0. The molecular weight excluding hydrogens is 396 g/mol. The molecule has 2 atom stereocenters. The molecule has 0 aromatic heterocycles. The zero-order chi connectivity index (χ0) is 21.7. The second-order valence-corrected chi connectivity index (χ2v) is 9.34. The normalized spacial score (nSPS) is 13.6. The molecule has 6 heteroatoms. The summed E-state index contributed by atoms with van der Waals surface area (Å²) in [6.45, 7) is 1.99. The number of likely N-dealkylation sites (N-methyl/N-ethyl adjacent to an activating group) is 1. The van der Waals surface area contributed by atoms with Crippen LogP contribution in [0.2, 0.25) is 0 Å². The first-order valence-electron chi connectivity index (χ1n) is 9.68. The zero-order valence-electron chi connectivity index (χ0n) is 17.3. The highest BCUT2D eigenvalue weighted by Crippen LogP contribution is 2.28. The topological polar surface area (TPSA) is 66.5 Å². The minimum atomic E-state index is -3.60. The molecule has 5 nitrogen and oxygen atoms in total. The fourth-order valence-electron chi connectivity index (χ4n) is 3.47. The molecular formula is C24H26N2O3S. The van der Waals surface area contributed by atoms with Gasteiger partial charge in [0.05, 0.1) is 12.3 Å². The third kappa shape index (κ3) is 4.96. The Morgan fingerprint density at radius 3 is 1.87 bits per heavy atom. The number of carbonyl (C=O) groups is 1. The lowest BCUT2D eigenvalue weighted by Gasteiger charge is -2.29. The molecule has 3 rings (SSSR count). The standard InChI is InChI=1S/C24H26N2O3S/c1-18-12-10-11-17-21(18)22(19-13-6-4-7-14-19)25-24(27)23(26(2)30(3,28)29)20-15-8-5-9-16-20/h4-17,22-23H,1-3H3,(H,25,27)/t22-,23+/m0/s1. The van der Waals surface area contributed by atoms with Crippen molar-refractivity contribution in [3.05, 3.63) is 107 Å². The van der Waals surface area contributed by atoms with Crippen molar-refractivity contribution >= 4 is 15.9 Å². The van der Waals surface area contributed by atoms with E-state index in [1.165, 1.54) is 7.05 Å². The molecule has 0 unspecified atom stereocenters. The first-order chi connectivity index (χ1) is 14.3. The third-order valence-electron chi connectivity index (χ3n) is 5.17. The smallest absolute Gasteiger partial charge is 0.243 e. The number of nitrogens with zero attached hydrogens (tertiary/aromatic N) is 1. The van der Waals surface area contributed by atoms with E-state index in [-0.39, 0.29) is 5.91 Å². The van der Waals surface area contributed by atoms with Gasteiger partial charge in [-0.3, -0.25) is 4.79 Å². The molecule has 30 heavy (non-hydrogen) atoms. The predicted octanol–water partition coefficient (Wildman–Crippen LogP) is 3.83. The molecule has 3 aromatic carbocycles. The Morgan fingerprint density at radius 1 is 0.833 bits per heavy atom. The summed E-state index contributed by atoms with van der Waals surface area (Å²) in [4.78, 5) is 13.5. The molecule has 0 spiro atoms. The van der Waals surface area contributed by atoms with Gasteiger partial charge in [0, 0.05) is 7.05 Å². The van der Waals surface area contributed by atoms with Crippen molar-refractivity contribution in [1.82, 2.24) is 9.62 Å². The Kier molecular flexibility index (Phi) is 6.70. The maximum atomic E-state index is 13.5. The summed E-state index contributed by atoms with van der Waals surface area (Å²) in [5.74, 6) is -0.383. The van der Waals surface area contributed by atoms with Crippen LogP contribution in [0.4, 0.5) is 0 Å². The van der Waals surface area contributed by atoms with Crippen molar-refractivity contribution < 1.29 is 13.2 Å². The number of carbonyl (C=O) groups excluding carboxylic acids is 1. The van der Waals surface area contributed by atoms with E-state index in [1.807, 2.05) is 67.6 Å². The fourth-order valence-corrected chi connectivity index (χ4v) is 4.07. The molecule has 0 heterocycles. The number of hydrogen-bond donors (Lipinski definition) is 1. The van der Waals surface area contributed by atoms with Gasteiger partial charge in [-0.1, -0.05) is 84.9 Å². The fraction of sp³-hybridized carbons (Fsp3) is 0.208. The Hall–Kier alpha value is -2.96. The third-order valence-corrected chi connectivity index (χ3v) is 6.43. The zero-order valence-corrected chi connectivity index (χ0v) is 18.1. The van der Waals surface area contributed by atoms with Gasteiger partial charge in [0.1, 0.15) is 6.04 Å². The number of hydrogen-bond acceptors (Lipinski definition) is 3. The van der Waals surface area contributed by atoms with Gasteiger partial charge in [-0.05, 0) is 29.2 Å². The predicted molar refractivity (Wildman–Crippen MR) is 119 cm³/mol. The molecule has 0 saturated carbocycles. The van der Waals surface area contributed by atoms with E-state index < -0.39 is 22.1 Å². The minimum absolute atomic E-state index is 0.383. The summed E-state index contributed by atoms with van der Waals surface area (Å²) < 4.78 is 25.7. The molecule has 0 aliphatic carbocycles. The van der Waals surface area contributed by atoms with Crippen LogP contribution in [-0.4, -0.2) is 31.9 Å². The van der Waals surface area contributed by atoms with Crippen LogP contribution in [0.3, 0.4) is 0 Å². The van der Waals surface area contributed by atoms with Crippen molar-refractivity contribution in [3.8, 4) is 0 Å². The van der Waals surface area contributed by atoms with Gasteiger partial charge >= 0.3 is 0 Å². The number of sulfonamides is 1. The van der Waals surface area contributed by atoms with Crippen molar-refractivity contribution in [1.29, 1.82) is 0 Å². The van der Waals surface area contributed by atoms with Gasteiger partial charge in [-0.25, -0.2) is 8.42 Å². The van der Waals surface area contributed by atoms with E-state index >= 15 is 0 Å². The molecule has 0 fully saturated rings. The van der Waals surface area contributed by atoms with E-state index in [2.05, 4.69) is 5.32 Å². The highest BCUT2D eigenvalue weighted by Gasteiger charge is 2.32.